The van der Waals surface area contributed by atoms with E-state index in [4.69, 9.17) is 5.73 Å². The Morgan fingerprint density at radius 1 is 1.00 bits per heavy atom. The summed E-state index contributed by atoms with van der Waals surface area (Å²) in [6.45, 7) is 3.69. The van der Waals surface area contributed by atoms with Crippen molar-refractivity contribution in [2.45, 2.75) is 64.7 Å². The number of unbranched alkanes of at least 4 members (excludes halogenated alkanes) is 6. The fourth-order valence-electron chi connectivity index (χ4n) is 1.88. The molecule has 17 heavy (non-hydrogen) atoms. The lowest BCUT2D eigenvalue weighted by atomic mass is 10.1. The van der Waals surface area contributed by atoms with Crippen LogP contribution in [0.15, 0.2) is 0 Å². The number of carbonyl (C=O) groups excluding carboxylic acids is 1. The van der Waals surface area contributed by atoms with Gasteiger partial charge in [0.05, 0.1) is 0 Å². The third kappa shape index (κ3) is 10.3. The molecule has 0 aliphatic rings. The van der Waals surface area contributed by atoms with Crippen molar-refractivity contribution in [2.24, 2.45) is 5.73 Å². The number of hydrogen-bond donors (Lipinski definition) is 1. The zero-order valence-electron chi connectivity index (χ0n) is 11.7. The Morgan fingerprint density at radius 2 is 1.59 bits per heavy atom. The maximum absolute atomic E-state index is 11.7. The lowest BCUT2D eigenvalue weighted by molar-refractivity contribution is -0.130. The maximum atomic E-state index is 11.7. The summed E-state index contributed by atoms with van der Waals surface area (Å²) in [5.74, 6) is 0.270. The first kappa shape index (κ1) is 16.4. The Morgan fingerprint density at radius 3 is 2.18 bits per heavy atom. The van der Waals surface area contributed by atoms with Crippen molar-refractivity contribution in [1.82, 2.24) is 4.90 Å². The second-order valence-corrected chi connectivity index (χ2v) is 4.83. The van der Waals surface area contributed by atoms with Crippen LogP contribution in [0.1, 0.15) is 64.7 Å². The van der Waals surface area contributed by atoms with Gasteiger partial charge in [0.2, 0.25) is 5.91 Å². The van der Waals surface area contributed by atoms with E-state index in [9.17, 15) is 4.79 Å². The van der Waals surface area contributed by atoms with Gasteiger partial charge < -0.3 is 10.6 Å². The molecular formula is C14H30N2O. The number of hydrogen-bond acceptors (Lipinski definition) is 2. The van der Waals surface area contributed by atoms with Gasteiger partial charge in [-0.15, -0.1) is 0 Å². The number of carbonyl (C=O) groups is 1. The minimum atomic E-state index is 0.270. The molecule has 0 spiro atoms. The van der Waals surface area contributed by atoms with Gasteiger partial charge in [0.1, 0.15) is 0 Å². The van der Waals surface area contributed by atoms with Crippen molar-refractivity contribution in [3.8, 4) is 0 Å². The zero-order valence-corrected chi connectivity index (χ0v) is 11.7. The highest BCUT2D eigenvalue weighted by molar-refractivity contribution is 5.75. The van der Waals surface area contributed by atoms with Crippen LogP contribution in [0.25, 0.3) is 0 Å². The van der Waals surface area contributed by atoms with Gasteiger partial charge in [-0.05, 0) is 19.4 Å². The quantitative estimate of drug-likeness (QED) is 0.566. The number of amides is 1. The van der Waals surface area contributed by atoms with E-state index >= 15 is 0 Å². The van der Waals surface area contributed by atoms with Crippen molar-refractivity contribution in [2.75, 3.05) is 20.1 Å². The second-order valence-electron chi connectivity index (χ2n) is 4.83. The fraction of sp³-hybridized carbons (Fsp3) is 0.929. The van der Waals surface area contributed by atoms with E-state index in [1.807, 2.05) is 11.9 Å². The van der Waals surface area contributed by atoms with E-state index in [0.29, 0.717) is 13.0 Å². The molecular weight excluding hydrogens is 212 g/mol. The number of rotatable bonds is 11. The van der Waals surface area contributed by atoms with E-state index in [1.165, 1.54) is 38.5 Å². The summed E-state index contributed by atoms with van der Waals surface area (Å²) in [5.41, 5.74) is 5.42. The van der Waals surface area contributed by atoms with Gasteiger partial charge in [-0.2, -0.15) is 0 Å². The average Bonchev–Trinajstić information content (AvgIpc) is 2.34. The first-order chi connectivity index (χ1) is 8.22. The highest BCUT2D eigenvalue weighted by Gasteiger charge is 2.06. The third-order valence-electron chi connectivity index (χ3n) is 3.12. The van der Waals surface area contributed by atoms with E-state index in [0.717, 1.165) is 19.4 Å². The van der Waals surface area contributed by atoms with E-state index in [1.54, 1.807) is 0 Å². The minimum absolute atomic E-state index is 0.270. The van der Waals surface area contributed by atoms with E-state index < -0.39 is 0 Å². The summed E-state index contributed by atoms with van der Waals surface area (Å²) in [7, 11) is 1.87. The minimum Gasteiger partial charge on any atom is -0.346 e. The van der Waals surface area contributed by atoms with Gasteiger partial charge in [-0.25, -0.2) is 0 Å². The standard InChI is InChI=1S/C14H30N2O/c1-3-4-5-6-7-8-9-11-14(17)16(2)13-10-12-15/h3-13,15H2,1-2H3. The molecule has 0 aliphatic heterocycles. The van der Waals surface area contributed by atoms with E-state index in [2.05, 4.69) is 6.92 Å². The van der Waals surface area contributed by atoms with Crippen LogP contribution in [-0.4, -0.2) is 30.9 Å². The normalized spacial score (nSPS) is 10.5. The maximum Gasteiger partial charge on any atom is 0.222 e. The molecule has 2 N–H and O–H groups in total. The molecule has 0 aromatic heterocycles. The average molecular weight is 242 g/mol. The van der Waals surface area contributed by atoms with E-state index in [-0.39, 0.29) is 5.91 Å². The van der Waals surface area contributed by atoms with Crippen molar-refractivity contribution in [3.63, 3.8) is 0 Å². The lowest BCUT2D eigenvalue weighted by Crippen LogP contribution is -2.28. The van der Waals surface area contributed by atoms with Crippen LogP contribution < -0.4 is 5.73 Å². The summed E-state index contributed by atoms with van der Waals surface area (Å²) in [6.07, 6.45) is 10.4. The largest absolute Gasteiger partial charge is 0.346 e. The lowest BCUT2D eigenvalue weighted by Gasteiger charge is -2.16. The third-order valence-corrected chi connectivity index (χ3v) is 3.12. The Kier molecular flexibility index (Phi) is 11.5. The smallest absolute Gasteiger partial charge is 0.222 e. The van der Waals surface area contributed by atoms with Gasteiger partial charge in [-0.1, -0.05) is 45.4 Å². The highest BCUT2D eigenvalue weighted by atomic mass is 16.2. The first-order valence-electron chi connectivity index (χ1n) is 7.16. The summed E-state index contributed by atoms with van der Waals surface area (Å²) < 4.78 is 0. The molecule has 0 rings (SSSR count). The van der Waals surface area contributed by atoms with Gasteiger partial charge >= 0.3 is 0 Å². The molecule has 0 unspecified atom stereocenters. The Balaban J connectivity index is 3.32. The molecule has 0 atom stereocenters. The Bertz CT molecular complexity index is 183. The molecule has 0 aliphatic carbocycles. The first-order valence-corrected chi connectivity index (χ1v) is 7.16. The highest BCUT2D eigenvalue weighted by Crippen LogP contribution is 2.09. The van der Waals surface area contributed by atoms with Gasteiger partial charge in [0, 0.05) is 20.0 Å². The topological polar surface area (TPSA) is 46.3 Å². The molecule has 0 aromatic carbocycles. The number of nitrogens with zero attached hydrogens (tertiary/aromatic N) is 1. The van der Waals surface area contributed by atoms with Gasteiger partial charge in [-0.3, -0.25) is 4.79 Å². The van der Waals surface area contributed by atoms with Crippen molar-refractivity contribution < 1.29 is 4.79 Å². The molecule has 0 saturated heterocycles. The molecule has 3 nitrogen and oxygen atoms in total. The Hall–Kier alpha value is -0.570. The molecule has 0 fully saturated rings. The van der Waals surface area contributed by atoms with Crippen molar-refractivity contribution in [1.29, 1.82) is 0 Å². The van der Waals surface area contributed by atoms with Crippen LogP contribution in [0.5, 0.6) is 0 Å². The predicted octanol–water partition coefficient (Wildman–Crippen LogP) is 2.93. The monoisotopic (exact) mass is 242 g/mol. The Labute approximate surface area is 107 Å². The van der Waals surface area contributed by atoms with Crippen LogP contribution in [0.4, 0.5) is 0 Å². The van der Waals surface area contributed by atoms with Gasteiger partial charge in [0.25, 0.3) is 0 Å². The number of nitrogens with two attached hydrogens (primary N) is 1. The van der Waals surface area contributed by atoms with Crippen LogP contribution >= 0.6 is 0 Å². The van der Waals surface area contributed by atoms with Crippen LogP contribution in [0.3, 0.4) is 0 Å². The fourth-order valence-corrected chi connectivity index (χ4v) is 1.88. The summed E-state index contributed by atoms with van der Waals surface area (Å²) in [6, 6.07) is 0. The molecule has 3 heteroatoms. The summed E-state index contributed by atoms with van der Waals surface area (Å²) >= 11 is 0. The van der Waals surface area contributed by atoms with Crippen LogP contribution in [0, 0.1) is 0 Å². The molecule has 0 heterocycles. The van der Waals surface area contributed by atoms with Crippen molar-refractivity contribution in [3.05, 3.63) is 0 Å². The van der Waals surface area contributed by atoms with Crippen LogP contribution in [0.2, 0.25) is 0 Å². The summed E-state index contributed by atoms with van der Waals surface area (Å²) in [5, 5.41) is 0. The SMILES string of the molecule is CCCCCCCCCC(=O)N(C)CCCN. The molecule has 1 amide bonds. The summed E-state index contributed by atoms with van der Waals surface area (Å²) in [4.78, 5) is 13.5. The zero-order chi connectivity index (χ0) is 12.9. The molecule has 0 saturated carbocycles. The molecule has 102 valence electrons. The molecule has 0 bridgehead atoms. The predicted molar refractivity (Wildman–Crippen MR) is 73.9 cm³/mol. The van der Waals surface area contributed by atoms with Crippen molar-refractivity contribution >= 4 is 5.91 Å². The van der Waals surface area contributed by atoms with Gasteiger partial charge in [0.15, 0.2) is 0 Å². The molecule has 0 radical (unpaired) electrons. The molecule has 0 aromatic rings. The van der Waals surface area contributed by atoms with Crippen LogP contribution in [-0.2, 0) is 4.79 Å². The second kappa shape index (κ2) is 11.9.